The van der Waals surface area contributed by atoms with Gasteiger partial charge >= 0.3 is 5.97 Å². The molecule has 0 amide bonds. The Labute approximate surface area is 109 Å². The smallest absolute Gasteiger partial charge is 0.335 e. The largest absolute Gasteiger partial charge is 0.506 e. The van der Waals surface area contributed by atoms with Gasteiger partial charge in [0.05, 0.1) is 11.3 Å². The molecular formula is C13H14N2O4. The van der Waals surface area contributed by atoms with Crippen LogP contribution in [0.2, 0.25) is 0 Å². The zero-order chi connectivity index (χ0) is 13.8. The molecule has 0 saturated heterocycles. The van der Waals surface area contributed by atoms with Crippen LogP contribution < -0.4 is 5.43 Å². The Bertz CT molecular complexity index is 552. The van der Waals surface area contributed by atoms with E-state index in [2.05, 4.69) is 10.5 Å². The van der Waals surface area contributed by atoms with Crippen molar-refractivity contribution in [2.24, 2.45) is 5.10 Å². The van der Waals surface area contributed by atoms with Gasteiger partial charge in [-0.25, -0.2) is 4.79 Å². The van der Waals surface area contributed by atoms with Gasteiger partial charge in [0, 0.05) is 6.42 Å². The highest BCUT2D eigenvalue weighted by Crippen LogP contribution is 2.24. The number of anilines is 1. The van der Waals surface area contributed by atoms with E-state index in [1.807, 2.05) is 0 Å². The monoisotopic (exact) mass is 262 g/mol. The molecule has 1 aliphatic rings. The van der Waals surface area contributed by atoms with Crippen LogP contribution in [0.4, 0.5) is 5.69 Å². The predicted molar refractivity (Wildman–Crippen MR) is 69.6 cm³/mol. The molecule has 2 rings (SSSR count). The summed E-state index contributed by atoms with van der Waals surface area (Å²) in [6, 6.07) is 3.84. The molecule has 0 aromatic heterocycles. The number of aromatic hydroxyl groups is 1. The molecule has 19 heavy (non-hydrogen) atoms. The quantitative estimate of drug-likeness (QED) is 0.571. The van der Waals surface area contributed by atoms with Gasteiger partial charge in [0.1, 0.15) is 11.5 Å². The van der Waals surface area contributed by atoms with Gasteiger partial charge in [-0.15, -0.1) is 0 Å². The lowest BCUT2D eigenvalue weighted by Crippen LogP contribution is -2.19. The number of phenolic OH excluding ortho intramolecular Hbond substituents is 1. The Kier molecular flexibility index (Phi) is 3.79. The molecule has 100 valence electrons. The van der Waals surface area contributed by atoms with Crippen LogP contribution in [-0.2, 0) is 4.79 Å². The summed E-state index contributed by atoms with van der Waals surface area (Å²) in [4.78, 5) is 22.4. The van der Waals surface area contributed by atoms with Crippen molar-refractivity contribution in [3.63, 3.8) is 0 Å². The first-order valence-electron chi connectivity index (χ1n) is 6.00. The molecule has 1 fully saturated rings. The first-order valence-corrected chi connectivity index (χ1v) is 6.00. The summed E-state index contributed by atoms with van der Waals surface area (Å²) in [5.74, 6) is -1.21. The van der Waals surface area contributed by atoms with Gasteiger partial charge in [0.25, 0.3) is 0 Å². The summed E-state index contributed by atoms with van der Waals surface area (Å²) in [5.41, 5.74) is 3.21. The van der Waals surface area contributed by atoms with Gasteiger partial charge in [-0.1, -0.05) is 0 Å². The van der Waals surface area contributed by atoms with Crippen LogP contribution >= 0.6 is 0 Å². The number of carbonyl (C=O) groups is 2. The molecule has 0 unspecified atom stereocenters. The Hall–Kier alpha value is -2.37. The number of carboxylic acids is 1. The molecule has 0 bridgehead atoms. The lowest BCUT2D eigenvalue weighted by atomic mass is 9.97. The second kappa shape index (κ2) is 5.51. The van der Waals surface area contributed by atoms with Crippen molar-refractivity contribution in [1.82, 2.24) is 0 Å². The van der Waals surface area contributed by atoms with Crippen LogP contribution in [-0.4, -0.2) is 27.7 Å². The van der Waals surface area contributed by atoms with Gasteiger partial charge < -0.3 is 10.2 Å². The summed E-state index contributed by atoms with van der Waals surface area (Å²) < 4.78 is 0. The molecule has 1 aromatic rings. The third-order valence-electron chi connectivity index (χ3n) is 2.94. The Morgan fingerprint density at radius 3 is 2.68 bits per heavy atom. The fraction of sp³-hybridized carbons (Fsp3) is 0.308. The van der Waals surface area contributed by atoms with E-state index < -0.39 is 5.97 Å². The predicted octanol–water partition coefficient (Wildman–Crippen LogP) is 2.00. The molecular weight excluding hydrogens is 248 g/mol. The molecule has 0 heterocycles. The third-order valence-corrected chi connectivity index (χ3v) is 2.94. The van der Waals surface area contributed by atoms with Crippen LogP contribution in [0, 0.1) is 0 Å². The standard InChI is InChI=1S/C13H14N2O4/c16-11-4-2-1-3-9(11)14-15-10-7-8(13(18)19)5-6-12(10)17/h5-7,15,17H,1-4H2,(H,18,19). The van der Waals surface area contributed by atoms with Crippen molar-refractivity contribution < 1.29 is 19.8 Å². The highest BCUT2D eigenvalue weighted by atomic mass is 16.4. The number of carboxylic acid groups (broad SMARTS) is 1. The van der Waals surface area contributed by atoms with E-state index in [9.17, 15) is 14.7 Å². The maximum atomic E-state index is 11.5. The number of carbonyl (C=O) groups excluding carboxylic acids is 1. The summed E-state index contributed by atoms with van der Waals surface area (Å²) in [7, 11) is 0. The minimum atomic E-state index is -1.09. The van der Waals surface area contributed by atoms with E-state index in [-0.39, 0.29) is 22.8 Å². The van der Waals surface area contributed by atoms with Crippen LogP contribution in [0.5, 0.6) is 5.75 Å². The number of phenols is 1. The zero-order valence-corrected chi connectivity index (χ0v) is 10.2. The molecule has 0 radical (unpaired) electrons. The Balaban J connectivity index is 2.18. The van der Waals surface area contributed by atoms with Crippen LogP contribution in [0.15, 0.2) is 23.3 Å². The molecule has 3 N–H and O–H groups in total. The number of rotatable bonds is 3. The van der Waals surface area contributed by atoms with Crippen LogP contribution in [0.1, 0.15) is 36.0 Å². The molecule has 0 atom stereocenters. The number of hydrogen-bond acceptors (Lipinski definition) is 5. The lowest BCUT2D eigenvalue weighted by Gasteiger charge is -2.12. The van der Waals surface area contributed by atoms with Crippen molar-refractivity contribution in [2.45, 2.75) is 25.7 Å². The highest BCUT2D eigenvalue weighted by Gasteiger charge is 2.16. The fourth-order valence-electron chi connectivity index (χ4n) is 1.87. The average molecular weight is 262 g/mol. The molecule has 1 aliphatic carbocycles. The van der Waals surface area contributed by atoms with Gasteiger partial charge in [-0.05, 0) is 37.5 Å². The van der Waals surface area contributed by atoms with Crippen molar-refractivity contribution in [3.05, 3.63) is 23.8 Å². The van der Waals surface area contributed by atoms with E-state index in [1.165, 1.54) is 18.2 Å². The van der Waals surface area contributed by atoms with E-state index in [1.54, 1.807) is 0 Å². The topological polar surface area (TPSA) is 99.0 Å². The van der Waals surface area contributed by atoms with Gasteiger partial charge in [-0.2, -0.15) is 5.10 Å². The molecule has 0 aliphatic heterocycles. The number of Topliss-reactive ketones (excluding diaryl/α,β-unsaturated/α-hetero) is 1. The number of hydrogen-bond donors (Lipinski definition) is 3. The van der Waals surface area contributed by atoms with E-state index >= 15 is 0 Å². The highest BCUT2D eigenvalue weighted by molar-refractivity contribution is 6.40. The maximum absolute atomic E-state index is 11.5. The zero-order valence-electron chi connectivity index (χ0n) is 10.2. The minimum Gasteiger partial charge on any atom is -0.506 e. The van der Waals surface area contributed by atoms with E-state index in [0.29, 0.717) is 18.6 Å². The van der Waals surface area contributed by atoms with Crippen molar-refractivity contribution >= 4 is 23.2 Å². The number of benzene rings is 1. The first-order chi connectivity index (χ1) is 9.08. The molecule has 0 spiro atoms. The normalized spacial score (nSPS) is 17.5. The van der Waals surface area contributed by atoms with Gasteiger partial charge in [0.2, 0.25) is 0 Å². The minimum absolute atomic E-state index is 0.00683. The van der Waals surface area contributed by atoms with Crippen LogP contribution in [0.3, 0.4) is 0 Å². The Morgan fingerprint density at radius 1 is 1.26 bits per heavy atom. The first kappa shape index (κ1) is 13.1. The molecule has 6 nitrogen and oxygen atoms in total. The molecule has 1 saturated carbocycles. The number of hydrazone groups is 1. The maximum Gasteiger partial charge on any atom is 0.335 e. The molecule has 1 aromatic carbocycles. The molecule has 6 heteroatoms. The van der Waals surface area contributed by atoms with Crippen molar-refractivity contribution in [3.8, 4) is 5.75 Å². The second-order valence-corrected chi connectivity index (χ2v) is 4.34. The van der Waals surface area contributed by atoms with Crippen LogP contribution in [0.25, 0.3) is 0 Å². The summed E-state index contributed by atoms with van der Waals surface area (Å²) in [5, 5.41) is 22.4. The Morgan fingerprint density at radius 2 is 2.00 bits per heavy atom. The lowest BCUT2D eigenvalue weighted by molar-refractivity contribution is -0.113. The summed E-state index contributed by atoms with van der Waals surface area (Å²) in [6.45, 7) is 0. The second-order valence-electron chi connectivity index (χ2n) is 4.34. The van der Waals surface area contributed by atoms with Crippen molar-refractivity contribution in [2.75, 3.05) is 5.43 Å². The summed E-state index contributed by atoms with van der Waals surface area (Å²) >= 11 is 0. The average Bonchev–Trinajstić information content (AvgIpc) is 2.39. The fourth-order valence-corrected chi connectivity index (χ4v) is 1.87. The number of nitrogens with zero attached hydrogens (tertiary/aromatic N) is 1. The number of aromatic carboxylic acids is 1. The number of ketones is 1. The van der Waals surface area contributed by atoms with Crippen molar-refractivity contribution in [1.29, 1.82) is 0 Å². The SMILES string of the molecule is O=C1CCCCC1=NNc1cc(C(=O)O)ccc1O. The summed E-state index contributed by atoms with van der Waals surface area (Å²) in [6.07, 6.45) is 2.87. The van der Waals surface area contributed by atoms with E-state index in [0.717, 1.165) is 12.8 Å². The number of nitrogens with one attached hydrogen (secondary N) is 1. The third kappa shape index (κ3) is 3.09. The van der Waals surface area contributed by atoms with E-state index in [4.69, 9.17) is 5.11 Å². The van der Waals surface area contributed by atoms with Gasteiger partial charge in [0.15, 0.2) is 5.78 Å². The van der Waals surface area contributed by atoms with Gasteiger partial charge in [-0.3, -0.25) is 10.2 Å².